The Balaban J connectivity index is 1.92. The fourth-order valence-corrected chi connectivity index (χ4v) is 4.34. The SMILES string of the molecule is [2H]C([2H])(C)Oc1ccccc1Oc1c(NS(=O)(=O)c2ccc(C(C([2H])([2H])[2H])(C([2H])([2H])[2H])C([2H])([2H])O)cc2)nc(-c2ncccn2)nc1OCC(O)(F)F. The van der Waals surface area contributed by atoms with E-state index in [0.29, 0.717) is 24.3 Å². The van der Waals surface area contributed by atoms with Gasteiger partial charge in [0.25, 0.3) is 15.9 Å². The largest absolute Gasteiger partial charge is 0.490 e. The van der Waals surface area contributed by atoms with E-state index in [9.17, 15) is 22.3 Å². The Morgan fingerprint density at radius 3 is 2.26 bits per heavy atom. The summed E-state index contributed by atoms with van der Waals surface area (Å²) in [6.45, 7) is -14.3. The smallest absolute Gasteiger partial charge is 0.387 e. The lowest BCUT2D eigenvalue weighted by Crippen LogP contribution is -2.25. The number of nitrogens with zero attached hydrogens (tertiary/aromatic N) is 4. The maximum atomic E-state index is 13.8. The summed E-state index contributed by atoms with van der Waals surface area (Å²) in [6.07, 6.45) is -1.97. The molecule has 0 atom stereocenters. The van der Waals surface area contributed by atoms with E-state index in [1.807, 2.05) is 4.72 Å². The predicted octanol–water partition coefficient (Wildman–Crippen LogP) is 4.16. The van der Waals surface area contributed by atoms with Crippen molar-refractivity contribution in [2.75, 3.05) is 24.4 Å². The second-order valence-corrected chi connectivity index (χ2v) is 10.1. The Bertz CT molecular complexity index is 1990. The number of benzene rings is 2. The molecule has 4 aromatic rings. The quantitative estimate of drug-likeness (QED) is 0.195. The fraction of sp³-hybridized carbons (Fsp3) is 0.286. The molecule has 43 heavy (non-hydrogen) atoms. The zero-order chi connectivity index (χ0) is 39.8. The first-order valence-corrected chi connectivity index (χ1v) is 13.4. The summed E-state index contributed by atoms with van der Waals surface area (Å²) in [5, 5.41) is 19.4. The van der Waals surface area contributed by atoms with E-state index in [4.69, 9.17) is 33.0 Å². The molecule has 0 aliphatic rings. The van der Waals surface area contributed by atoms with Gasteiger partial charge >= 0.3 is 6.11 Å². The number of halogens is 2. The fourth-order valence-electron chi connectivity index (χ4n) is 3.33. The molecule has 228 valence electrons. The summed E-state index contributed by atoms with van der Waals surface area (Å²) in [6, 6.07) is 9.44. The second-order valence-electron chi connectivity index (χ2n) is 8.40. The normalized spacial score (nSPS) is 16.8. The third-order valence-corrected chi connectivity index (χ3v) is 6.61. The molecule has 0 spiro atoms. The Hall–Kier alpha value is -4.47. The van der Waals surface area contributed by atoms with Crippen molar-refractivity contribution in [2.24, 2.45) is 0 Å². The Labute approximate surface area is 260 Å². The van der Waals surface area contributed by atoms with Gasteiger partial charge in [-0.25, -0.2) is 23.4 Å². The zero-order valence-corrected chi connectivity index (χ0v) is 22.8. The van der Waals surface area contributed by atoms with Gasteiger partial charge in [0.2, 0.25) is 11.6 Å². The van der Waals surface area contributed by atoms with Crippen LogP contribution in [0.15, 0.2) is 71.9 Å². The summed E-state index contributed by atoms with van der Waals surface area (Å²) in [5.41, 5.74) is -4.36. The molecule has 0 unspecified atom stereocenters. The highest BCUT2D eigenvalue weighted by Gasteiger charge is 2.30. The number of alkyl halides is 2. The lowest BCUT2D eigenvalue weighted by Gasteiger charge is -2.22. The van der Waals surface area contributed by atoms with Gasteiger partial charge in [0, 0.05) is 26.0 Å². The number of anilines is 1. The first-order valence-electron chi connectivity index (χ1n) is 16.9. The van der Waals surface area contributed by atoms with Gasteiger partial charge in [0.15, 0.2) is 29.7 Å². The van der Waals surface area contributed by atoms with E-state index >= 15 is 0 Å². The van der Waals surface area contributed by atoms with Crippen LogP contribution in [0, 0.1) is 0 Å². The molecule has 0 bridgehead atoms. The summed E-state index contributed by atoms with van der Waals surface area (Å²) in [5.74, 6) is -4.00. The van der Waals surface area contributed by atoms with Crippen molar-refractivity contribution in [1.29, 1.82) is 0 Å². The van der Waals surface area contributed by atoms with Crippen LogP contribution in [-0.2, 0) is 15.4 Å². The number of hydrogen-bond donors (Lipinski definition) is 3. The van der Waals surface area contributed by atoms with E-state index in [1.165, 1.54) is 42.7 Å². The highest BCUT2D eigenvalue weighted by molar-refractivity contribution is 7.92. The van der Waals surface area contributed by atoms with Gasteiger partial charge in [-0.1, -0.05) is 38.0 Å². The Kier molecular flexibility index (Phi) is 6.09. The number of aromatic nitrogens is 4. The van der Waals surface area contributed by atoms with E-state index in [1.54, 1.807) is 0 Å². The first-order chi connectivity index (χ1) is 24.2. The highest BCUT2D eigenvalue weighted by Crippen LogP contribution is 2.42. The van der Waals surface area contributed by atoms with Crippen LogP contribution in [0.25, 0.3) is 11.6 Å². The van der Waals surface area contributed by atoms with Crippen LogP contribution in [0.4, 0.5) is 14.6 Å². The molecule has 0 aliphatic carbocycles. The molecule has 0 saturated heterocycles. The monoisotopic (exact) mass is 627 g/mol. The molecule has 0 aliphatic heterocycles. The van der Waals surface area contributed by atoms with Gasteiger partial charge in [-0.3, -0.25) is 4.72 Å². The standard InChI is InChI=1S/C28H29F2N5O7S/c1-4-40-20-8-5-6-9-21(20)42-22-23(35-43(38,39)19-12-10-18(11-13-19)27(2,3)16-36)33-25(24-31-14-7-15-32-24)34-26(22)41-17-28(29,30)37/h5-15,36-37H,4,16-17H2,1-3H3,(H,33,34,35)/i2D3,3D3,4D2,16D2. The van der Waals surface area contributed by atoms with Crippen LogP contribution >= 0.6 is 0 Å². The third kappa shape index (κ3) is 7.88. The number of aliphatic hydroxyl groups is 2. The highest BCUT2D eigenvalue weighted by atomic mass is 32.2. The summed E-state index contributed by atoms with van der Waals surface area (Å²) >= 11 is 0. The third-order valence-electron chi connectivity index (χ3n) is 5.25. The van der Waals surface area contributed by atoms with E-state index < -0.39 is 88.7 Å². The molecule has 4 rings (SSSR count). The summed E-state index contributed by atoms with van der Waals surface area (Å²) in [7, 11) is -4.94. The molecule has 2 aromatic carbocycles. The zero-order valence-electron chi connectivity index (χ0n) is 31.9. The molecule has 3 N–H and O–H groups in total. The number of hydrogen-bond acceptors (Lipinski definition) is 11. The van der Waals surface area contributed by atoms with Crippen LogP contribution in [-0.4, -0.2) is 64.4 Å². The van der Waals surface area contributed by atoms with Gasteiger partial charge in [0.1, 0.15) is 0 Å². The number of ether oxygens (including phenoxy) is 3. The molecule has 0 saturated carbocycles. The van der Waals surface area contributed by atoms with E-state index in [-0.39, 0.29) is 17.3 Å². The van der Waals surface area contributed by atoms with Crippen LogP contribution in [0.2, 0.25) is 0 Å². The molecular formula is C28H29F2N5O7S. The molecule has 0 fully saturated rings. The van der Waals surface area contributed by atoms with E-state index in [2.05, 4.69) is 19.9 Å². The molecule has 12 nitrogen and oxygen atoms in total. The van der Waals surface area contributed by atoms with Crippen LogP contribution in [0.5, 0.6) is 23.1 Å². The minimum Gasteiger partial charge on any atom is -0.490 e. The Morgan fingerprint density at radius 2 is 1.65 bits per heavy atom. The van der Waals surface area contributed by atoms with Crippen LogP contribution in [0.1, 0.15) is 39.9 Å². The molecule has 15 heteroatoms. The first kappa shape index (κ1) is 20.4. The second kappa shape index (κ2) is 12.8. The molecule has 0 radical (unpaired) electrons. The van der Waals surface area contributed by atoms with Gasteiger partial charge in [-0.15, -0.1) is 0 Å². The maximum Gasteiger partial charge on any atom is 0.387 e. The lowest BCUT2D eigenvalue weighted by atomic mass is 9.86. The summed E-state index contributed by atoms with van der Waals surface area (Å²) < 4.78 is 151. The van der Waals surface area contributed by atoms with Crippen molar-refractivity contribution in [1.82, 2.24) is 19.9 Å². The Morgan fingerprint density at radius 1 is 0.977 bits per heavy atom. The van der Waals surface area contributed by atoms with Crippen LogP contribution < -0.4 is 18.9 Å². The van der Waals surface area contributed by atoms with Crippen molar-refractivity contribution in [3.63, 3.8) is 0 Å². The minimum absolute atomic E-state index is 0.269. The predicted molar refractivity (Wildman–Crippen MR) is 151 cm³/mol. The van der Waals surface area contributed by atoms with Gasteiger partial charge in [-0.05, 0) is 42.8 Å². The van der Waals surface area contributed by atoms with Crippen molar-refractivity contribution >= 4 is 15.8 Å². The van der Waals surface area contributed by atoms with E-state index in [0.717, 1.165) is 6.92 Å². The van der Waals surface area contributed by atoms with Crippen molar-refractivity contribution < 1.29 is 55.3 Å². The molecular weight excluding hydrogens is 588 g/mol. The van der Waals surface area contributed by atoms with Crippen molar-refractivity contribution in [3.05, 3.63) is 72.6 Å². The molecule has 0 amide bonds. The average molecular weight is 628 g/mol. The van der Waals surface area contributed by atoms with Crippen LogP contribution in [0.3, 0.4) is 0 Å². The number of rotatable bonds is 13. The van der Waals surface area contributed by atoms with Gasteiger partial charge in [0.05, 0.1) is 23.5 Å². The maximum absolute atomic E-state index is 13.8. The number of para-hydroxylation sites is 2. The topological polar surface area (TPSA) is 166 Å². The number of sulfonamides is 1. The summed E-state index contributed by atoms with van der Waals surface area (Å²) in [4.78, 5) is 15.2. The van der Waals surface area contributed by atoms with Crippen molar-refractivity contribution in [3.8, 4) is 34.8 Å². The number of nitrogens with one attached hydrogen (secondary N) is 1. The lowest BCUT2D eigenvalue weighted by molar-refractivity contribution is -0.217. The average Bonchev–Trinajstić information content (AvgIpc) is 2.99. The minimum atomic E-state index is -4.94. The molecule has 2 aromatic heterocycles. The van der Waals surface area contributed by atoms with Gasteiger partial charge in [-0.2, -0.15) is 13.8 Å². The van der Waals surface area contributed by atoms with Gasteiger partial charge < -0.3 is 24.4 Å². The van der Waals surface area contributed by atoms with Crippen molar-refractivity contribution in [2.45, 2.75) is 37.0 Å². The molecule has 2 heterocycles.